The Morgan fingerprint density at radius 1 is 1.32 bits per heavy atom. The minimum absolute atomic E-state index is 0.253. The molecule has 0 unspecified atom stereocenters. The van der Waals surface area contributed by atoms with E-state index in [4.69, 9.17) is 9.72 Å². The van der Waals surface area contributed by atoms with Crippen LogP contribution in [0.2, 0.25) is 0 Å². The number of hydrogen-bond donors (Lipinski definition) is 1. The van der Waals surface area contributed by atoms with Crippen molar-refractivity contribution >= 4 is 5.97 Å². The lowest BCUT2D eigenvalue weighted by Crippen LogP contribution is -2.31. The molecule has 19 heavy (non-hydrogen) atoms. The van der Waals surface area contributed by atoms with Crippen LogP contribution in [-0.4, -0.2) is 23.0 Å². The zero-order valence-electron chi connectivity index (χ0n) is 12.4. The molecule has 2 rings (SSSR count). The lowest BCUT2D eigenvalue weighted by molar-refractivity contribution is -0.146. The van der Waals surface area contributed by atoms with Crippen LogP contribution >= 0.6 is 0 Å². The van der Waals surface area contributed by atoms with Gasteiger partial charge in [0.25, 0.3) is 0 Å². The first-order valence-corrected chi connectivity index (χ1v) is 7.12. The molecule has 106 valence electrons. The first-order valence-electron chi connectivity index (χ1n) is 7.12. The van der Waals surface area contributed by atoms with Crippen LogP contribution in [0.4, 0.5) is 0 Å². The van der Waals surface area contributed by atoms with Gasteiger partial charge in [0.05, 0.1) is 12.8 Å². The van der Waals surface area contributed by atoms with Crippen molar-refractivity contribution < 1.29 is 9.53 Å². The van der Waals surface area contributed by atoms with Gasteiger partial charge in [-0.05, 0) is 33.6 Å². The smallest absolute Gasteiger partial charge is 0.318 e. The number of carbonyl (C=O) groups is 1. The number of nitrogens with zero attached hydrogens (tertiary/aromatic N) is 1. The Kier molecular flexibility index (Phi) is 3.97. The van der Waals surface area contributed by atoms with E-state index in [9.17, 15) is 4.79 Å². The SMILES string of the molecule is COC(=O)C(C)(C)c1nc(C2CCCCC2)c(C)[nH]1. The fraction of sp³-hybridized carbons (Fsp3) is 0.733. The van der Waals surface area contributed by atoms with Crippen LogP contribution in [0, 0.1) is 6.92 Å². The van der Waals surface area contributed by atoms with Crippen LogP contribution in [0.15, 0.2) is 0 Å². The fourth-order valence-corrected chi connectivity index (χ4v) is 2.90. The Bertz CT molecular complexity index is 457. The highest BCUT2D eigenvalue weighted by Crippen LogP contribution is 2.34. The van der Waals surface area contributed by atoms with Crippen LogP contribution in [0.25, 0.3) is 0 Å². The van der Waals surface area contributed by atoms with E-state index in [1.165, 1.54) is 39.2 Å². The third kappa shape index (κ3) is 2.67. The molecule has 0 saturated heterocycles. The van der Waals surface area contributed by atoms with E-state index < -0.39 is 5.41 Å². The zero-order valence-corrected chi connectivity index (χ0v) is 12.4. The number of aromatic nitrogens is 2. The van der Waals surface area contributed by atoms with Crippen LogP contribution < -0.4 is 0 Å². The van der Waals surface area contributed by atoms with Gasteiger partial charge >= 0.3 is 5.97 Å². The van der Waals surface area contributed by atoms with E-state index in [0.717, 1.165) is 17.2 Å². The highest BCUT2D eigenvalue weighted by molar-refractivity contribution is 5.80. The second kappa shape index (κ2) is 5.35. The lowest BCUT2D eigenvalue weighted by atomic mass is 9.86. The molecule has 4 nitrogen and oxygen atoms in total. The minimum Gasteiger partial charge on any atom is -0.468 e. The molecule has 0 spiro atoms. The number of methoxy groups -OCH3 is 1. The molecule has 1 N–H and O–H groups in total. The molecule has 0 atom stereocenters. The normalized spacial score (nSPS) is 17.5. The number of hydrogen-bond acceptors (Lipinski definition) is 3. The van der Waals surface area contributed by atoms with Crippen molar-refractivity contribution in [1.29, 1.82) is 0 Å². The van der Waals surface area contributed by atoms with Gasteiger partial charge in [-0.2, -0.15) is 0 Å². The predicted octanol–water partition coefficient (Wildman–Crippen LogP) is 3.22. The highest BCUT2D eigenvalue weighted by atomic mass is 16.5. The van der Waals surface area contributed by atoms with Crippen LogP contribution in [-0.2, 0) is 14.9 Å². The summed E-state index contributed by atoms with van der Waals surface area (Å²) >= 11 is 0. The van der Waals surface area contributed by atoms with E-state index in [1.807, 2.05) is 20.8 Å². The third-order valence-corrected chi connectivity index (χ3v) is 4.20. The van der Waals surface area contributed by atoms with Gasteiger partial charge in [0, 0.05) is 11.6 Å². The molecule has 1 aliphatic rings. The van der Waals surface area contributed by atoms with E-state index in [-0.39, 0.29) is 5.97 Å². The van der Waals surface area contributed by atoms with E-state index in [0.29, 0.717) is 5.92 Å². The quantitative estimate of drug-likeness (QED) is 0.853. The maximum absolute atomic E-state index is 11.8. The number of esters is 1. The van der Waals surface area contributed by atoms with Gasteiger partial charge in [0.15, 0.2) is 0 Å². The molecule has 1 aromatic heterocycles. The van der Waals surface area contributed by atoms with Crippen molar-refractivity contribution in [3.63, 3.8) is 0 Å². The number of aromatic amines is 1. The molecule has 1 aromatic rings. The second-order valence-electron chi connectivity index (χ2n) is 6.05. The van der Waals surface area contributed by atoms with Crippen LogP contribution in [0.5, 0.6) is 0 Å². The average Bonchev–Trinajstić information content (AvgIpc) is 2.81. The van der Waals surface area contributed by atoms with Gasteiger partial charge in [-0.1, -0.05) is 19.3 Å². The number of aryl methyl sites for hydroxylation is 1. The average molecular weight is 264 g/mol. The monoisotopic (exact) mass is 264 g/mol. The maximum atomic E-state index is 11.8. The summed E-state index contributed by atoms with van der Waals surface area (Å²) in [4.78, 5) is 19.9. The first kappa shape index (κ1) is 14.1. The van der Waals surface area contributed by atoms with Crippen molar-refractivity contribution in [1.82, 2.24) is 9.97 Å². The van der Waals surface area contributed by atoms with Crippen LogP contribution in [0.3, 0.4) is 0 Å². The summed E-state index contributed by atoms with van der Waals surface area (Å²) in [6.45, 7) is 5.75. The summed E-state index contributed by atoms with van der Waals surface area (Å²) in [5.41, 5.74) is 1.53. The fourth-order valence-electron chi connectivity index (χ4n) is 2.90. The second-order valence-corrected chi connectivity index (χ2v) is 6.05. The summed E-state index contributed by atoms with van der Waals surface area (Å²) in [6.07, 6.45) is 6.33. The highest BCUT2D eigenvalue weighted by Gasteiger charge is 2.35. The van der Waals surface area contributed by atoms with Gasteiger partial charge in [-0.25, -0.2) is 4.98 Å². The number of imidazole rings is 1. The number of ether oxygens (including phenoxy) is 1. The topological polar surface area (TPSA) is 55.0 Å². The Hall–Kier alpha value is -1.32. The molecule has 1 saturated carbocycles. The van der Waals surface area contributed by atoms with Gasteiger partial charge < -0.3 is 9.72 Å². The standard InChI is InChI=1S/C15H24N2O2/c1-10-12(11-8-6-5-7-9-11)17-13(16-10)15(2,3)14(18)19-4/h11H,5-9H2,1-4H3,(H,16,17). The predicted molar refractivity (Wildman–Crippen MR) is 74.2 cm³/mol. The minimum atomic E-state index is -0.716. The molecule has 0 aromatic carbocycles. The largest absolute Gasteiger partial charge is 0.468 e. The summed E-state index contributed by atoms with van der Waals surface area (Å²) in [6, 6.07) is 0. The van der Waals surface area contributed by atoms with E-state index >= 15 is 0 Å². The Labute approximate surface area is 115 Å². The molecule has 0 aliphatic heterocycles. The molecule has 0 radical (unpaired) electrons. The Morgan fingerprint density at radius 2 is 1.95 bits per heavy atom. The molecular weight excluding hydrogens is 240 g/mol. The molecule has 0 amide bonds. The van der Waals surface area contributed by atoms with Gasteiger partial charge in [0.1, 0.15) is 11.2 Å². The summed E-state index contributed by atoms with van der Waals surface area (Å²) < 4.78 is 4.87. The molecule has 1 heterocycles. The lowest BCUT2D eigenvalue weighted by Gasteiger charge is -2.21. The maximum Gasteiger partial charge on any atom is 0.318 e. The van der Waals surface area contributed by atoms with Crippen molar-refractivity contribution in [2.45, 2.75) is 64.2 Å². The van der Waals surface area contributed by atoms with Crippen LogP contribution in [0.1, 0.15) is 69.1 Å². The Morgan fingerprint density at radius 3 is 2.53 bits per heavy atom. The van der Waals surface area contributed by atoms with Gasteiger partial charge in [-0.15, -0.1) is 0 Å². The molecule has 0 bridgehead atoms. The summed E-state index contributed by atoms with van der Waals surface area (Å²) in [5.74, 6) is 1.01. The Balaban J connectivity index is 2.27. The van der Waals surface area contributed by atoms with Gasteiger partial charge in [-0.3, -0.25) is 4.79 Å². The first-order chi connectivity index (χ1) is 8.96. The third-order valence-electron chi connectivity index (χ3n) is 4.20. The van der Waals surface area contributed by atoms with Crippen molar-refractivity contribution in [3.05, 3.63) is 17.2 Å². The van der Waals surface area contributed by atoms with Crippen molar-refractivity contribution in [3.8, 4) is 0 Å². The number of nitrogens with one attached hydrogen (secondary N) is 1. The van der Waals surface area contributed by atoms with Crippen molar-refractivity contribution in [2.24, 2.45) is 0 Å². The number of carbonyl (C=O) groups excluding carboxylic acids is 1. The molecular formula is C15H24N2O2. The van der Waals surface area contributed by atoms with E-state index in [1.54, 1.807) is 0 Å². The molecule has 4 heteroatoms. The molecule has 1 aliphatic carbocycles. The summed E-state index contributed by atoms with van der Waals surface area (Å²) in [5, 5.41) is 0. The summed E-state index contributed by atoms with van der Waals surface area (Å²) in [7, 11) is 1.42. The zero-order chi connectivity index (χ0) is 14.0. The van der Waals surface area contributed by atoms with Gasteiger partial charge in [0.2, 0.25) is 0 Å². The number of H-pyrrole nitrogens is 1. The van der Waals surface area contributed by atoms with Crippen molar-refractivity contribution in [2.75, 3.05) is 7.11 Å². The molecule has 1 fully saturated rings. The number of rotatable bonds is 3. The van der Waals surface area contributed by atoms with E-state index in [2.05, 4.69) is 4.98 Å².